The monoisotopic (exact) mass is 433 g/mol. The van der Waals surface area contributed by atoms with Gasteiger partial charge < -0.3 is 19.5 Å². The number of nitrogens with zero attached hydrogens (tertiary/aromatic N) is 2. The van der Waals surface area contributed by atoms with Gasteiger partial charge >= 0.3 is 6.09 Å². The van der Waals surface area contributed by atoms with Crippen molar-refractivity contribution in [3.05, 3.63) is 78.1 Å². The second kappa shape index (κ2) is 9.82. The number of carbonyl (C=O) groups excluding carboxylic acids is 2. The van der Waals surface area contributed by atoms with Gasteiger partial charge in [-0.15, -0.1) is 0 Å². The zero-order chi connectivity index (χ0) is 22.3. The van der Waals surface area contributed by atoms with Crippen LogP contribution in [0, 0.1) is 0 Å². The molecule has 0 spiro atoms. The van der Waals surface area contributed by atoms with Crippen molar-refractivity contribution in [2.45, 2.75) is 13.5 Å². The summed E-state index contributed by atoms with van der Waals surface area (Å²) in [4.78, 5) is 30.2. The van der Waals surface area contributed by atoms with Crippen LogP contribution in [-0.2, 0) is 11.3 Å². The van der Waals surface area contributed by atoms with Crippen LogP contribution in [0.25, 0.3) is 0 Å². The molecular weight excluding hydrogens is 410 g/mol. The molecule has 2 heterocycles. The molecule has 8 heteroatoms. The minimum absolute atomic E-state index is 0.300. The second-order valence-corrected chi connectivity index (χ2v) is 7.01. The van der Waals surface area contributed by atoms with Crippen LogP contribution in [-0.4, -0.2) is 36.7 Å². The summed E-state index contributed by atoms with van der Waals surface area (Å²) in [6, 6.07) is 15.9. The number of hydrogen-bond acceptors (Lipinski definition) is 6. The molecule has 1 aliphatic heterocycles. The van der Waals surface area contributed by atoms with Crippen LogP contribution in [0.1, 0.15) is 22.8 Å². The number of pyridine rings is 1. The molecule has 1 aromatic heterocycles. The Labute approximate surface area is 185 Å². The van der Waals surface area contributed by atoms with Gasteiger partial charge in [-0.05, 0) is 49.4 Å². The van der Waals surface area contributed by atoms with Crippen molar-refractivity contribution in [3.63, 3.8) is 0 Å². The number of aromatic nitrogens is 1. The minimum Gasteiger partial charge on any atom is -0.490 e. The topological polar surface area (TPSA) is 90.0 Å². The number of cyclic esters (lactones) is 1. The van der Waals surface area contributed by atoms with Gasteiger partial charge in [-0.3, -0.25) is 14.7 Å². The first-order chi connectivity index (χ1) is 15.6. The summed E-state index contributed by atoms with van der Waals surface area (Å²) < 4.78 is 16.5. The molecule has 0 bridgehead atoms. The summed E-state index contributed by atoms with van der Waals surface area (Å²) in [5.41, 5.74) is 2.59. The highest BCUT2D eigenvalue weighted by Crippen LogP contribution is 2.30. The van der Waals surface area contributed by atoms with Crippen LogP contribution in [0.4, 0.5) is 16.2 Å². The SMILES string of the molecule is CCOc1cc(C(=O)Nc2cccc(N3CCOC3=O)c2)ccc1OCc1cccnc1. The molecule has 0 unspecified atom stereocenters. The molecule has 0 atom stereocenters. The molecule has 3 aromatic rings. The van der Waals surface area contributed by atoms with Gasteiger partial charge in [0.15, 0.2) is 11.5 Å². The smallest absolute Gasteiger partial charge is 0.414 e. The lowest BCUT2D eigenvalue weighted by molar-refractivity contribution is 0.102. The Balaban J connectivity index is 1.47. The van der Waals surface area contributed by atoms with Crippen molar-refractivity contribution >= 4 is 23.4 Å². The second-order valence-electron chi connectivity index (χ2n) is 7.01. The van der Waals surface area contributed by atoms with E-state index in [-0.39, 0.29) is 5.91 Å². The van der Waals surface area contributed by atoms with Gasteiger partial charge in [-0.2, -0.15) is 0 Å². The molecule has 4 rings (SSSR count). The van der Waals surface area contributed by atoms with E-state index < -0.39 is 6.09 Å². The molecule has 8 nitrogen and oxygen atoms in total. The van der Waals surface area contributed by atoms with E-state index >= 15 is 0 Å². The Morgan fingerprint density at radius 2 is 2.03 bits per heavy atom. The zero-order valence-corrected chi connectivity index (χ0v) is 17.6. The molecule has 0 aliphatic carbocycles. The summed E-state index contributed by atoms with van der Waals surface area (Å²) >= 11 is 0. The van der Waals surface area contributed by atoms with Crippen molar-refractivity contribution in [3.8, 4) is 11.5 Å². The highest BCUT2D eigenvalue weighted by atomic mass is 16.6. The van der Waals surface area contributed by atoms with Crippen molar-refractivity contribution in [1.82, 2.24) is 4.98 Å². The normalized spacial score (nSPS) is 12.9. The number of benzene rings is 2. The standard InChI is InChI=1S/C24H23N3O5/c1-2-30-22-13-18(8-9-21(22)32-16-17-5-4-10-25-15-17)23(28)26-19-6-3-7-20(14-19)27-11-12-31-24(27)29/h3-10,13-15H,2,11-12,16H2,1H3,(H,26,28). The molecule has 1 saturated heterocycles. The third kappa shape index (κ3) is 4.97. The first-order valence-electron chi connectivity index (χ1n) is 10.3. The van der Waals surface area contributed by atoms with E-state index in [0.29, 0.717) is 54.8 Å². The predicted molar refractivity (Wildman–Crippen MR) is 119 cm³/mol. The number of hydrogen-bond donors (Lipinski definition) is 1. The number of ether oxygens (including phenoxy) is 3. The molecule has 1 N–H and O–H groups in total. The van der Waals surface area contributed by atoms with E-state index in [9.17, 15) is 9.59 Å². The molecule has 1 aliphatic rings. The van der Waals surface area contributed by atoms with E-state index in [0.717, 1.165) is 5.56 Å². The summed E-state index contributed by atoms with van der Waals surface area (Å²) in [5.74, 6) is 0.727. The Kier molecular flexibility index (Phi) is 6.50. The van der Waals surface area contributed by atoms with Gasteiger partial charge in [0.2, 0.25) is 0 Å². The van der Waals surface area contributed by atoms with Crippen LogP contribution in [0.3, 0.4) is 0 Å². The van der Waals surface area contributed by atoms with Crippen molar-refractivity contribution in [1.29, 1.82) is 0 Å². The molecular formula is C24H23N3O5. The quantitative estimate of drug-likeness (QED) is 0.571. The predicted octanol–water partition coefficient (Wildman–Crippen LogP) is 4.27. The van der Waals surface area contributed by atoms with E-state index in [2.05, 4.69) is 10.3 Å². The lowest BCUT2D eigenvalue weighted by Gasteiger charge is -2.15. The molecule has 2 amide bonds. The van der Waals surface area contributed by atoms with Crippen LogP contribution >= 0.6 is 0 Å². The Hall–Kier alpha value is -4.07. The number of nitrogens with one attached hydrogen (secondary N) is 1. The number of rotatable bonds is 8. The van der Waals surface area contributed by atoms with Gasteiger partial charge in [0.05, 0.1) is 13.2 Å². The first kappa shape index (κ1) is 21.2. The highest BCUT2D eigenvalue weighted by Gasteiger charge is 2.23. The summed E-state index contributed by atoms with van der Waals surface area (Å²) in [6.07, 6.45) is 3.05. The average Bonchev–Trinajstić information content (AvgIpc) is 3.25. The fourth-order valence-electron chi connectivity index (χ4n) is 3.26. The van der Waals surface area contributed by atoms with Crippen LogP contribution in [0.15, 0.2) is 67.0 Å². The van der Waals surface area contributed by atoms with Gasteiger partial charge in [0.1, 0.15) is 13.2 Å². The fraction of sp³-hybridized carbons (Fsp3) is 0.208. The lowest BCUT2D eigenvalue weighted by atomic mass is 10.1. The lowest BCUT2D eigenvalue weighted by Crippen LogP contribution is -2.23. The number of anilines is 2. The summed E-state index contributed by atoms with van der Waals surface area (Å²) in [6.45, 7) is 3.47. The highest BCUT2D eigenvalue weighted by molar-refractivity contribution is 6.05. The van der Waals surface area contributed by atoms with Gasteiger partial charge in [0, 0.05) is 34.9 Å². The maximum absolute atomic E-state index is 12.8. The van der Waals surface area contributed by atoms with Crippen LogP contribution in [0.2, 0.25) is 0 Å². The Morgan fingerprint density at radius 1 is 1.12 bits per heavy atom. The van der Waals surface area contributed by atoms with E-state index in [1.807, 2.05) is 19.1 Å². The van der Waals surface area contributed by atoms with Crippen LogP contribution < -0.4 is 19.7 Å². The van der Waals surface area contributed by atoms with Crippen LogP contribution in [0.5, 0.6) is 11.5 Å². The maximum atomic E-state index is 12.8. The van der Waals surface area contributed by atoms with Crippen molar-refractivity contribution in [2.24, 2.45) is 0 Å². The maximum Gasteiger partial charge on any atom is 0.414 e. The largest absolute Gasteiger partial charge is 0.490 e. The van der Waals surface area contributed by atoms with Crippen molar-refractivity contribution < 1.29 is 23.8 Å². The average molecular weight is 433 g/mol. The fourth-order valence-corrected chi connectivity index (χ4v) is 3.26. The third-order valence-electron chi connectivity index (χ3n) is 4.80. The first-order valence-corrected chi connectivity index (χ1v) is 10.3. The van der Waals surface area contributed by atoms with E-state index in [1.54, 1.807) is 54.9 Å². The molecule has 1 fully saturated rings. The van der Waals surface area contributed by atoms with Gasteiger partial charge in [0.25, 0.3) is 5.91 Å². The summed E-state index contributed by atoms with van der Waals surface area (Å²) in [7, 11) is 0. The molecule has 2 aromatic carbocycles. The third-order valence-corrected chi connectivity index (χ3v) is 4.80. The Bertz CT molecular complexity index is 1100. The van der Waals surface area contributed by atoms with E-state index in [1.165, 1.54) is 4.90 Å². The van der Waals surface area contributed by atoms with Gasteiger partial charge in [-0.1, -0.05) is 12.1 Å². The molecule has 0 saturated carbocycles. The van der Waals surface area contributed by atoms with Gasteiger partial charge in [-0.25, -0.2) is 4.79 Å². The molecule has 164 valence electrons. The minimum atomic E-state index is -0.392. The zero-order valence-electron chi connectivity index (χ0n) is 17.6. The Morgan fingerprint density at radius 3 is 2.78 bits per heavy atom. The number of amides is 2. The summed E-state index contributed by atoms with van der Waals surface area (Å²) in [5, 5.41) is 2.86. The number of carbonyl (C=O) groups is 2. The molecule has 32 heavy (non-hydrogen) atoms. The van der Waals surface area contributed by atoms with E-state index in [4.69, 9.17) is 14.2 Å². The molecule has 0 radical (unpaired) electrons. The van der Waals surface area contributed by atoms with Crippen molar-refractivity contribution in [2.75, 3.05) is 30.0 Å².